The lowest BCUT2D eigenvalue weighted by atomic mass is 10.3. The molecule has 0 bridgehead atoms. The highest BCUT2D eigenvalue weighted by Gasteiger charge is 2.20. The van der Waals surface area contributed by atoms with Crippen molar-refractivity contribution >= 4 is 11.5 Å². The van der Waals surface area contributed by atoms with E-state index in [1.807, 2.05) is 0 Å². The maximum absolute atomic E-state index is 11.3. The number of rotatable bonds is 1. The van der Waals surface area contributed by atoms with Crippen molar-refractivity contribution < 1.29 is 4.92 Å². The Morgan fingerprint density at radius 1 is 1.50 bits per heavy atom. The van der Waals surface area contributed by atoms with Gasteiger partial charge >= 0.3 is 5.69 Å². The molecular weight excluding hydrogens is 186 g/mol. The molecule has 1 aromatic heterocycles. The van der Waals surface area contributed by atoms with E-state index in [0.717, 1.165) is 6.42 Å². The Labute approximate surface area is 79.3 Å². The van der Waals surface area contributed by atoms with Gasteiger partial charge in [0, 0.05) is 25.2 Å². The van der Waals surface area contributed by atoms with Crippen LogP contribution in [0.2, 0.25) is 0 Å². The molecule has 2 heterocycles. The summed E-state index contributed by atoms with van der Waals surface area (Å²) in [6, 6.07) is 2.47. The Bertz CT molecular complexity index is 438. The Kier molecular flexibility index (Phi) is 1.95. The predicted molar refractivity (Wildman–Crippen MR) is 50.5 cm³/mol. The van der Waals surface area contributed by atoms with Crippen molar-refractivity contribution in [2.24, 2.45) is 0 Å². The van der Waals surface area contributed by atoms with Gasteiger partial charge < -0.3 is 5.32 Å². The van der Waals surface area contributed by atoms with Gasteiger partial charge in [-0.3, -0.25) is 19.5 Å². The number of aromatic nitrogens is 1. The average molecular weight is 195 g/mol. The van der Waals surface area contributed by atoms with Gasteiger partial charge in [-0.1, -0.05) is 0 Å². The van der Waals surface area contributed by atoms with E-state index in [1.54, 1.807) is 0 Å². The van der Waals surface area contributed by atoms with Crippen molar-refractivity contribution in [2.45, 2.75) is 13.0 Å². The van der Waals surface area contributed by atoms with Gasteiger partial charge in [-0.25, -0.2) is 0 Å². The molecule has 6 heteroatoms. The summed E-state index contributed by atoms with van der Waals surface area (Å²) in [4.78, 5) is 21.5. The van der Waals surface area contributed by atoms with Crippen LogP contribution in [0.15, 0.2) is 16.9 Å². The molecule has 0 aromatic carbocycles. The van der Waals surface area contributed by atoms with E-state index in [4.69, 9.17) is 0 Å². The SMILES string of the molecule is O=c1ccc([N+](=O)[O-])c2n1CCCN2. The zero-order valence-electron chi connectivity index (χ0n) is 7.40. The summed E-state index contributed by atoms with van der Waals surface area (Å²) >= 11 is 0. The van der Waals surface area contributed by atoms with Crippen molar-refractivity contribution in [3.63, 3.8) is 0 Å². The average Bonchev–Trinajstić information content (AvgIpc) is 2.18. The van der Waals surface area contributed by atoms with Crippen LogP contribution in [0, 0.1) is 10.1 Å². The molecule has 0 unspecified atom stereocenters. The van der Waals surface area contributed by atoms with Gasteiger partial charge in [-0.2, -0.15) is 0 Å². The van der Waals surface area contributed by atoms with E-state index in [2.05, 4.69) is 5.32 Å². The molecule has 14 heavy (non-hydrogen) atoms. The third-order valence-electron chi connectivity index (χ3n) is 2.21. The van der Waals surface area contributed by atoms with E-state index in [0.29, 0.717) is 18.9 Å². The topological polar surface area (TPSA) is 77.2 Å². The van der Waals surface area contributed by atoms with Crippen molar-refractivity contribution in [3.05, 3.63) is 32.6 Å². The first-order valence-corrected chi connectivity index (χ1v) is 4.32. The summed E-state index contributed by atoms with van der Waals surface area (Å²) in [5, 5.41) is 13.5. The largest absolute Gasteiger partial charge is 0.366 e. The normalized spacial score (nSPS) is 14.3. The van der Waals surface area contributed by atoms with Crippen LogP contribution in [0.5, 0.6) is 0 Å². The van der Waals surface area contributed by atoms with Crippen molar-refractivity contribution in [1.82, 2.24) is 4.57 Å². The van der Waals surface area contributed by atoms with Crippen molar-refractivity contribution in [2.75, 3.05) is 11.9 Å². The third-order valence-corrected chi connectivity index (χ3v) is 2.21. The highest BCUT2D eigenvalue weighted by Crippen LogP contribution is 2.23. The molecule has 0 saturated carbocycles. The summed E-state index contributed by atoms with van der Waals surface area (Å²) < 4.78 is 1.40. The monoisotopic (exact) mass is 195 g/mol. The summed E-state index contributed by atoms with van der Waals surface area (Å²) in [5.41, 5.74) is -0.234. The number of hydrogen-bond acceptors (Lipinski definition) is 4. The highest BCUT2D eigenvalue weighted by atomic mass is 16.6. The molecule has 0 atom stereocenters. The number of nitrogens with one attached hydrogen (secondary N) is 1. The molecule has 1 N–H and O–H groups in total. The van der Waals surface area contributed by atoms with E-state index in [-0.39, 0.29) is 11.2 Å². The van der Waals surface area contributed by atoms with E-state index >= 15 is 0 Å². The van der Waals surface area contributed by atoms with Crippen molar-refractivity contribution in [3.8, 4) is 0 Å². The standard InChI is InChI=1S/C8H9N3O3/c12-7-3-2-6(11(13)14)8-9-4-1-5-10(7)8/h2-3,9H,1,4-5H2. The molecule has 0 aliphatic carbocycles. The fourth-order valence-corrected chi connectivity index (χ4v) is 1.57. The first-order valence-electron chi connectivity index (χ1n) is 4.32. The summed E-state index contributed by atoms with van der Waals surface area (Å²) in [7, 11) is 0. The Morgan fingerprint density at radius 2 is 2.29 bits per heavy atom. The Balaban J connectivity index is 2.65. The Morgan fingerprint density at radius 3 is 3.00 bits per heavy atom. The van der Waals surface area contributed by atoms with Crippen LogP contribution in [0.1, 0.15) is 6.42 Å². The first kappa shape index (κ1) is 8.74. The maximum Gasteiger partial charge on any atom is 0.309 e. The molecule has 2 rings (SSSR count). The second-order valence-corrected chi connectivity index (χ2v) is 3.09. The van der Waals surface area contributed by atoms with Crippen LogP contribution in [0.4, 0.5) is 11.5 Å². The molecule has 0 spiro atoms. The van der Waals surface area contributed by atoms with Gasteiger partial charge in [0.05, 0.1) is 4.92 Å². The highest BCUT2D eigenvalue weighted by molar-refractivity contribution is 5.56. The second-order valence-electron chi connectivity index (χ2n) is 3.09. The summed E-state index contributed by atoms with van der Waals surface area (Å²) in [6.45, 7) is 1.22. The molecule has 0 fully saturated rings. The van der Waals surface area contributed by atoms with E-state index in [1.165, 1.54) is 16.7 Å². The van der Waals surface area contributed by atoms with Gasteiger partial charge in [0.1, 0.15) is 0 Å². The molecular formula is C8H9N3O3. The van der Waals surface area contributed by atoms with Crippen LogP contribution in [-0.4, -0.2) is 16.0 Å². The van der Waals surface area contributed by atoms with E-state index in [9.17, 15) is 14.9 Å². The lowest BCUT2D eigenvalue weighted by Crippen LogP contribution is -2.28. The third kappa shape index (κ3) is 1.24. The zero-order valence-corrected chi connectivity index (χ0v) is 7.40. The summed E-state index contributed by atoms with van der Waals surface area (Å²) in [6.07, 6.45) is 0.814. The molecule has 0 saturated heterocycles. The van der Waals surface area contributed by atoms with Crippen LogP contribution in [0.3, 0.4) is 0 Å². The van der Waals surface area contributed by atoms with Gasteiger partial charge in [-0.05, 0) is 6.42 Å². The van der Waals surface area contributed by atoms with Crippen LogP contribution >= 0.6 is 0 Å². The Hall–Kier alpha value is -1.85. The van der Waals surface area contributed by atoms with Gasteiger partial charge in [0.25, 0.3) is 5.56 Å². The van der Waals surface area contributed by atoms with E-state index < -0.39 is 4.92 Å². The minimum atomic E-state index is -0.483. The number of hydrogen-bond donors (Lipinski definition) is 1. The summed E-state index contributed by atoms with van der Waals surface area (Å²) in [5.74, 6) is 0.328. The van der Waals surface area contributed by atoms with Gasteiger partial charge in [0.15, 0.2) is 5.82 Å². The van der Waals surface area contributed by atoms with Crippen LogP contribution < -0.4 is 10.9 Å². The fourth-order valence-electron chi connectivity index (χ4n) is 1.57. The number of nitro groups is 1. The number of nitrogens with zero attached hydrogens (tertiary/aromatic N) is 2. The molecule has 1 aromatic rings. The molecule has 1 aliphatic heterocycles. The lowest BCUT2D eigenvalue weighted by molar-refractivity contribution is -0.384. The van der Waals surface area contributed by atoms with Crippen LogP contribution in [-0.2, 0) is 6.54 Å². The zero-order chi connectivity index (χ0) is 10.1. The molecule has 74 valence electrons. The maximum atomic E-state index is 11.3. The molecule has 0 radical (unpaired) electrons. The lowest BCUT2D eigenvalue weighted by Gasteiger charge is -2.18. The second kappa shape index (κ2) is 3.13. The minimum Gasteiger partial charge on any atom is -0.366 e. The smallest absolute Gasteiger partial charge is 0.309 e. The first-order chi connectivity index (χ1) is 6.70. The molecule has 1 aliphatic rings. The number of fused-ring (bicyclic) bond motifs is 1. The van der Waals surface area contributed by atoms with Crippen LogP contribution in [0.25, 0.3) is 0 Å². The minimum absolute atomic E-state index is 0.0377. The fraction of sp³-hybridized carbons (Fsp3) is 0.375. The molecule has 0 amide bonds. The number of pyridine rings is 1. The molecule has 6 nitrogen and oxygen atoms in total. The quantitative estimate of drug-likeness (QED) is 0.525. The number of anilines is 1. The van der Waals surface area contributed by atoms with Gasteiger partial charge in [0.2, 0.25) is 0 Å². The predicted octanol–water partition coefficient (Wildman–Crippen LogP) is 0.572. The van der Waals surface area contributed by atoms with Gasteiger partial charge in [-0.15, -0.1) is 0 Å². The van der Waals surface area contributed by atoms with Crippen molar-refractivity contribution in [1.29, 1.82) is 0 Å².